The second kappa shape index (κ2) is 4.37. The quantitative estimate of drug-likeness (QED) is 0.416. The van der Waals surface area contributed by atoms with Crippen molar-refractivity contribution in [1.29, 1.82) is 0 Å². The van der Waals surface area contributed by atoms with E-state index < -0.39 is 23.7 Å². The maximum Gasteiger partial charge on any atom is 0.430 e. The molecule has 0 amide bonds. The minimum Gasteiger partial charge on any atom is -0.542 e. The van der Waals surface area contributed by atoms with Crippen LogP contribution in [0.5, 0.6) is 0 Å². The molecule has 2 bridgehead atoms. The number of carbonyl (C=O) groups excluding carboxylic acids is 1. The zero-order valence-electron chi connectivity index (χ0n) is 8.61. The lowest BCUT2D eigenvalue weighted by Crippen LogP contribution is -2.95. The van der Waals surface area contributed by atoms with Gasteiger partial charge in [0.15, 0.2) is 0 Å². The average Bonchev–Trinajstić information content (AvgIpc) is 2.35. The average molecular weight is 262 g/mol. The Bertz CT molecular complexity index is 295. The number of carboxylic acid groups (broad SMARTS) is 1. The zero-order valence-corrected chi connectivity index (χ0v) is 8.61. The van der Waals surface area contributed by atoms with Crippen molar-refractivity contribution in [3.63, 3.8) is 0 Å². The van der Waals surface area contributed by atoms with Crippen molar-refractivity contribution in [3.8, 4) is 0 Å². The van der Waals surface area contributed by atoms with Gasteiger partial charge in [-0.15, -0.1) is 0 Å². The van der Waals surface area contributed by atoms with Crippen LogP contribution in [0.1, 0.15) is 12.8 Å². The van der Waals surface area contributed by atoms with Crippen molar-refractivity contribution >= 4 is 5.97 Å². The van der Waals surface area contributed by atoms with Gasteiger partial charge >= 0.3 is 6.18 Å². The van der Waals surface area contributed by atoms with Crippen LogP contribution in [0.25, 0.3) is 0 Å². The Kier molecular flexibility index (Phi) is 3.63. The molecule has 3 N–H and O–H groups in total. The molecule has 2 heterocycles. The lowest BCUT2D eigenvalue weighted by molar-refractivity contribution is -0.685. The molecule has 2 rings (SSSR count). The van der Waals surface area contributed by atoms with Gasteiger partial charge in [0.2, 0.25) is 11.6 Å². The van der Waals surface area contributed by atoms with E-state index in [1.54, 1.807) is 5.32 Å². The van der Waals surface area contributed by atoms with Gasteiger partial charge in [-0.25, -0.2) is 14.1 Å². The molecule has 2 aliphatic rings. The number of fused-ring (bicyclic) bond motifs is 2. The Balaban J connectivity index is 0.000000185. The van der Waals surface area contributed by atoms with E-state index in [1.165, 1.54) is 0 Å². The van der Waals surface area contributed by atoms with Crippen LogP contribution in [-0.4, -0.2) is 36.8 Å². The maximum absolute atomic E-state index is 13.2. The fourth-order valence-corrected chi connectivity index (χ4v) is 1.76. The number of quaternary nitrogens is 1. The van der Waals surface area contributed by atoms with Crippen LogP contribution in [0.4, 0.5) is 22.0 Å². The second-order valence-corrected chi connectivity index (χ2v) is 4.04. The van der Waals surface area contributed by atoms with Crippen LogP contribution < -0.4 is 15.7 Å². The molecular formula is C8H11F5N2O2. The molecule has 4 nitrogen and oxygen atoms in total. The predicted molar refractivity (Wildman–Crippen MR) is 42.8 cm³/mol. The molecule has 100 valence electrons. The van der Waals surface area contributed by atoms with Gasteiger partial charge in [0.25, 0.3) is 0 Å². The molecule has 0 aliphatic carbocycles. The molecule has 2 saturated heterocycles. The largest absolute Gasteiger partial charge is 0.542 e. The molecule has 2 aliphatic heterocycles. The first-order chi connectivity index (χ1) is 7.56. The molecule has 0 saturated carbocycles. The van der Waals surface area contributed by atoms with Crippen molar-refractivity contribution in [2.45, 2.75) is 30.6 Å². The monoisotopic (exact) mass is 262 g/mol. The molecule has 2 atom stereocenters. The number of nitrogens with two attached hydrogens (primary N) is 1. The summed E-state index contributed by atoms with van der Waals surface area (Å²) in [5.74, 6) is -5.85. The highest BCUT2D eigenvalue weighted by atomic mass is 19.4. The van der Waals surface area contributed by atoms with E-state index in [0.717, 1.165) is 0 Å². The van der Waals surface area contributed by atoms with Gasteiger partial charge in [0.05, 0.1) is 0 Å². The molecule has 0 unspecified atom stereocenters. The van der Waals surface area contributed by atoms with Crippen molar-refractivity contribution in [1.82, 2.24) is 5.32 Å². The van der Waals surface area contributed by atoms with Gasteiger partial charge in [-0.2, -0.15) is 13.2 Å². The molecule has 17 heavy (non-hydrogen) atoms. The van der Waals surface area contributed by atoms with Gasteiger partial charge in [-0.1, -0.05) is 0 Å². The third-order valence-corrected chi connectivity index (χ3v) is 2.53. The number of carbonyl (C=O) groups is 1. The molecule has 0 aromatic rings. The summed E-state index contributed by atoms with van der Waals surface area (Å²) in [7, 11) is 0. The number of halogens is 5. The van der Waals surface area contributed by atoms with Crippen LogP contribution in [0.15, 0.2) is 0 Å². The first-order valence-corrected chi connectivity index (χ1v) is 4.83. The van der Waals surface area contributed by atoms with Gasteiger partial charge < -0.3 is 15.2 Å². The number of piperazine rings is 1. The molecule has 0 aromatic heterocycles. The van der Waals surface area contributed by atoms with E-state index in [9.17, 15) is 22.0 Å². The summed E-state index contributed by atoms with van der Waals surface area (Å²) in [6, 6.07) is 0. The zero-order chi connectivity index (χ0) is 13.3. The molecule has 2 fully saturated rings. The number of rotatable bonds is 0. The molecule has 0 spiro atoms. The molecule has 0 aromatic carbocycles. The Labute approximate surface area is 93.2 Å². The van der Waals surface area contributed by atoms with Crippen LogP contribution in [-0.2, 0) is 4.79 Å². The highest BCUT2D eigenvalue weighted by molar-refractivity contribution is 5.70. The maximum atomic E-state index is 13.2. The van der Waals surface area contributed by atoms with Crippen molar-refractivity contribution in [3.05, 3.63) is 0 Å². The topological polar surface area (TPSA) is 68.8 Å². The first-order valence-electron chi connectivity index (χ1n) is 4.83. The highest BCUT2D eigenvalue weighted by Gasteiger charge is 2.54. The predicted octanol–water partition coefficient (Wildman–Crippen LogP) is -1.42. The third kappa shape index (κ3) is 3.77. The van der Waals surface area contributed by atoms with E-state index in [2.05, 4.69) is 5.32 Å². The van der Waals surface area contributed by atoms with Gasteiger partial charge in [-0.3, -0.25) is 0 Å². The smallest absolute Gasteiger partial charge is 0.430 e. The fourth-order valence-electron chi connectivity index (χ4n) is 1.76. The van der Waals surface area contributed by atoms with E-state index in [4.69, 9.17) is 9.90 Å². The fraction of sp³-hybridized carbons (Fsp3) is 0.875. The van der Waals surface area contributed by atoms with Crippen LogP contribution in [0.2, 0.25) is 0 Å². The minimum absolute atomic E-state index is 0.319. The standard InChI is InChI=1S/C6H10F2N2.C2HF3O2/c7-5-1-2-6(8,10-5)4-9-3-5;3-2(4,5)1(6)7/h9-10H,1-4H2;(H,6,7)/t5-,6+;. The molecule has 0 radical (unpaired) electrons. The minimum atomic E-state index is -5.19. The van der Waals surface area contributed by atoms with Crippen molar-refractivity contribution in [2.24, 2.45) is 0 Å². The summed E-state index contributed by atoms with van der Waals surface area (Å²) < 4.78 is 58.0. The van der Waals surface area contributed by atoms with E-state index >= 15 is 0 Å². The Morgan fingerprint density at radius 1 is 1.18 bits per heavy atom. The van der Waals surface area contributed by atoms with Gasteiger partial charge in [-0.05, 0) is 0 Å². The SMILES string of the molecule is F[C@]12CC[C@](F)(C[NH2+]C1)N2.O=C([O-])C(F)(F)F. The normalized spacial score (nSPS) is 36.1. The van der Waals surface area contributed by atoms with E-state index in [-0.39, 0.29) is 0 Å². The van der Waals surface area contributed by atoms with Crippen LogP contribution >= 0.6 is 0 Å². The lowest BCUT2D eigenvalue weighted by atomic mass is 10.2. The summed E-state index contributed by atoms with van der Waals surface area (Å²) in [5.41, 5.74) is 0. The highest BCUT2D eigenvalue weighted by Crippen LogP contribution is 2.33. The third-order valence-electron chi connectivity index (χ3n) is 2.53. The Morgan fingerprint density at radius 3 is 1.76 bits per heavy atom. The van der Waals surface area contributed by atoms with Crippen LogP contribution in [0, 0.1) is 0 Å². The molecular weight excluding hydrogens is 251 g/mol. The first kappa shape index (κ1) is 14.1. The number of nitrogens with one attached hydrogen (secondary N) is 1. The number of hydrogen-bond donors (Lipinski definition) is 2. The number of aliphatic carboxylic acids is 1. The van der Waals surface area contributed by atoms with Crippen molar-refractivity contribution in [2.75, 3.05) is 13.1 Å². The van der Waals surface area contributed by atoms with E-state index in [0.29, 0.717) is 25.9 Å². The lowest BCUT2D eigenvalue weighted by Gasteiger charge is -2.28. The summed E-state index contributed by atoms with van der Waals surface area (Å²) in [5, 5.41) is 12.9. The summed E-state index contributed by atoms with van der Waals surface area (Å²) in [4.78, 5) is 8.78. The van der Waals surface area contributed by atoms with Crippen LogP contribution in [0.3, 0.4) is 0 Å². The van der Waals surface area contributed by atoms with Crippen molar-refractivity contribution < 1.29 is 37.2 Å². The number of hydrogen-bond acceptors (Lipinski definition) is 3. The number of alkyl halides is 5. The number of carboxylic acids is 1. The summed E-state index contributed by atoms with van der Waals surface area (Å²) in [6.45, 7) is 0.720. The van der Waals surface area contributed by atoms with Gasteiger partial charge in [0, 0.05) is 12.8 Å². The van der Waals surface area contributed by atoms with Gasteiger partial charge in [0.1, 0.15) is 19.1 Å². The van der Waals surface area contributed by atoms with E-state index in [1.807, 2.05) is 0 Å². The Hall–Kier alpha value is -0.960. The molecule has 9 heteroatoms. The second-order valence-electron chi connectivity index (χ2n) is 4.04. The Morgan fingerprint density at radius 2 is 1.53 bits per heavy atom. The summed E-state index contributed by atoms with van der Waals surface area (Å²) >= 11 is 0. The summed E-state index contributed by atoms with van der Waals surface area (Å²) in [6.07, 6.45) is -4.56.